The Labute approximate surface area is 165 Å². The monoisotopic (exact) mass is 439 g/mol. The number of carbonyl (C=O) groups excluding carboxylic acids is 2. The number of ether oxygens (including phenoxy) is 2. The highest BCUT2D eigenvalue weighted by atomic mass is 79.9. The standard InChI is InChI=1S/C19H19BrClNO4/c1-3-12-5-8-17(14(20)9-12)26-11-18(23)22-16-7-6-13(10-15(16)21)19(24)25-4-2/h5-10H,3-4,11H2,1-2H3,(H,22,23). The first-order valence-corrected chi connectivity index (χ1v) is 9.29. The van der Waals surface area contributed by atoms with Crippen LogP contribution in [0.1, 0.15) is 29.8 Å². The van der Waals surface area contributed by atoms with E-state index in [2.05, 4.69) is 28.2 Å². The van der Waals surface area contributed by atoms with Crippen LogP contribution < -0.4 is 10.1 Å². The Bertz CT molecular complexity index is 810. The van der Waals surface area contributed by atoms with Crippen LogP contribution in [0.4, 0.5) is 5.69 Å². The minimum Gasteiger partial charge on any atom is -0.483 e. The van der Waals surface area contributed by atoms with Gasteiger partial charge in [0.15, 0.2) is 6.61 Å². The fraction of sp³-hybridized carbons (Fsp3) is 0.263. The Morgan fingerprint density at radius 3 is 2.54 bits per heavy atom. The highest BCUT2D eigenvalue weighted by molar-refractivity contribution is 9.10. The highest BCUT2D eigenvalue weighted by Gasteiger charge is 2.12. The molecule has 0 aliphatic rings. The first kappa shape index (κ1) is 20.3. The molecule has 0 saturated carbocycles. The van der Waals surface area contributed by atoms with Crippen molar-refractivity contribution in [2.24, 2.45) is 0 Å². The van der Waals surface area contributed by atoms with Crippen molar-refractivity contribution in [2.45, 2.75) is 20.3 Å². The summed E-state index contributed by atoms with van der Waals surface area (Å²) in [6, 6.07) is 10.3. The molecule has 0 spiro atoms. The third-order valence-corrected chi connectivity index (χ3v) is 4.45. The second-order valence-corrected chi connectivity index (χ2v) is 6.63. The number of aryl methyl sites for hydroxylation is 1. The third-order valence-electron chi connectivity index (χ3n) is 3.52. The van der Waals surface area contributed by atoms with Crippen LogP contribution in [-0.4, -0.2) is 25.1 Å². The second kappa shape index (κ2) is 9.59. The van der Waals surface area contributed by atoms with Crippen LogP contribution in [0.2, 0.25) is 5.02 Å². The minimum absolute atomic E-state index is 0.167. The van der Waals surface area contributed by atoms with Gasteiger partial charge in [-0.25, -0.2) is 4.79 Å². The fourth-order valence-corrected chi connectivity index (χ4v) is 2.94. The number of hydrogen-bond acceptors (Lipinski definition) is 4. The lowest BCUT2D eigenvalue weighted by molar-refractivity contribution is -0.118. The number of amides is 1. The zero-order chi connectivity index (χ0) is 19.1. The molecule has 0 aliphatic carbocycles. The quantitative estimate of drug-likeness (QED) is 0.625. The molecule has 7 heteroatoms. The lowest BCUT2D eigenvalue weighted by Gasteiger charge is -2.11. The predicted octanol–water partition coefficient (Wildman–Crippen LogP) is 4.86. The summed E-state index contributed by atoms with van der Waals surface area (Å²) in [6.07, 6.45) is 0.916. The van der Waals surface area contributed by atoms with Gasteiger partial charge in [0.05, 0.1) is 27.4 Å². The summed E-state index contributed by atoms with van der Waals surface area (Å²) >= 11 is 9.55. The van der Waals surface area contributed by atoms with E-state index in [1.807, 2.05) is 18.2 Å². The normalized spacial score (nSPS) is 10.3. The molecule has 0 saturated heterocycles. The van der Waals surface area contributed by atoms with Crippen molar-refractivity contribution in [3.63, 3.8) is 0 Å². The number of rotatable bonds is 7. The van der Waals surface area contributed by atoms with Crippen molar-refractivity contribution in [3.05, 3.63) is 57.0 Å². The van der Waals surface area contributed by atoms with Gasteiger partial charge in [-0.05, 0) is 65.2 Å². The number of carbonyl (C=O) groups is 2. The molecular formula is C19H19BrClNO4. The van der Waals surface area contributed by atoms with E-state index >= 15 is 0 Å². The van der Waals surface area contributed by atoms with E-state index in [1.165, 1.54) is 11.6 Å². The van der Waals surface area contributed by atoms with Crippen LogP contribution >= 0.6 is 27.5 Å². The predicted molar refractivity (Wildman–Crippen MR) is 105 cm³/mol. The second-order valence-electron chi connectivity index (χ2n) is 5.37. The van der Waals surface area contributed by atoms with Crippen molar-refractivity contribution in [3.8, 4) is 5.75 Å². The number of anilines is 1. The maximum Gasteiger partial charge on any atom is 0.338 e. The lowest BCUT2D eigenvalue weighted by Crippen LogP contribution is -2.20. The molecule has 0 heterocycles. The maximum absolute atomic E-state index is 12.1. The van der Waals surface area contributed by atoms with Crippen molar-refractivity contribution in [1.29, 1.82) is 0 Å². The van der Waals surface area contributed by atoms with Gasteiger partial charge in [-0.2, -0.15) is 0 Å². The summed E-state index contributed by atoms with van der Waals surface area (Å²) in [5.74, 6) is -0.237. The molecule has 2 aromatic rings. The fourth-order valence-electron chi connectivity index (χ4n) is 2.17. The van der Waals surface area contributed by atoms with E-state index in [-0.39, 0.29) is 24.1 Å². The molecule has 0 aromatic heterocycles. The molecule has 5 nitrogen and oxygen atoms in total. The summed E-state index contributed by atoms with van der Waals surface area (Å²) < 4.78 is 11.2. The van der Waals surface area contributed by atoms with E-state index < -0.39 is 5.97 Å². The molecule has 2 aromatic carbocycles. The van der Waals surface area contributed by atoms with Crippen LogP contribution in [0.5, 0.6) is 5.75 Å². The molecule has 0 radical (unpaired) electrons. The third kappa shape index (κ3) is 5.47. The number of benzene rings is 2. The van der Waals surface area contributed by atoms with E-state index in [0.717, 1.165) is 10.9 Å². The van der Waals surface area contributed by atoms with Crippen molar-refractivity contribution in [1.82, 2.24) is 0 Å². The minimum atomic E-state index is -0.462. The molecule has 0 bridgehead atoms. The van der Waals surface area contributed by atoms with Gasteiger partial charge in [0.1, 0.15) is 5.75 Å². The van der Waals surface area contributed by atoms with Crippen LogP contribution in [0, 0.1) is 0 Å². The lowest BCUT2D eigenvalue weighted by atomic mass is 10.2. The molecule has 26 heavy (non-hydrogen) atoms. The molecule has 2 rings (SSSR count). The van der Waals surface area contributed by atoms with Crippen LogP contribution in [0.3, 0.4) is 0 Å². The van der Waals surface area contributed by atoms with Gasteiger partial charge in [0, 0.05) is 0 Å². The molecule has 138 valence electrons. The molecule has 1 N–H and O–H groups in total. The number of halogens is 2. The average molecular weight is 441 g/mol. The average Bonchev–Trinajstić information content (AvgIpc) is 2.62. The van der Waals surface area contributed by atoms with Gasteiger partial charge < -0.3 is 14.8 Å². The Hall–Kier alpha value is -2.05. The van der Waals surface area contributed by atoms with Crippen LogP contribution in [0.15, 0.2) is 40.9 Å². The summed E-state index contributed by atoms with van der Waals surface area (Å²) in [4.78, 5) is 23.8. The van der Waals surface area contributed by atoms with Gasteiger partial charge in [-0.1, -0.05) is 24.6 Å². The van der Waals surface area contributed by atoms with Gasteiger partial charge in [-0.3, -0.25) is 4.79 Å². The Balaban J connectivity index is 1.96. The first-order chi connectivity index (χ1) is 12.4. The van der Waals surface area contributed by atoms with E-state index in [1.54, 1.807) is 19.1 Å². The number of nitrogens with one attached hydrogen (secondary N) is 1. The number of hydrogen-bond donors (Lipinski definition) is 1. The maximum atomic E-state index is 12.1. The molecule has 0 unspecified atom stereocenters. The van der Waals surface area contributed by atoms with Crippen LogP contribution in [0.25, 0.3) is 0 Å². The van der Waals surface area contributed by atoms with E-state index in [0.29, 0.717) is 17.0 Å². The topological polar surface area (TPSA) is 64.6 Å². The largest absolute Gasteiger partial charge is 0.483 e. The van der Waals surface area contributed by atoms with Crippen LogP contribution in [-0.2, 0) is 16.0 Å². The molecule has 1 amide bonds. The van der Waals surface area contributed by atoms with Gasteiger partial charge in [0.2, 0.25) is 0 Å². The summed E-state index contributed by atoms with van der Waals surface area (Å²) in [5.41, 5.74) is 1.89. The molecular weight excluding hydrogens is 422 g/mol. The summed E-state index contributed by atoms with van der Waals surface area (Å²) in [7, 11) is 0. The Kier molecular flexibility index (Phi) is 7.48. The zero-order valence-electron chi connectivity index (χ0n) is 14.5. The summed E-state index contributed by atoms with van der Waals surface area (Å²) in [6.45, 7) is 3.90. The Morgan fingerprint density at radius 1 is 1.15 bits per heavy atom. The summed E-state index contributed by atoms with van der Waals surface area (Å²) in [5, 5.41) is 2.90. The molecule has 0 aliphatic heterocycles. The van der Waals surface area contributed by atoms with E-state index in [4.69, 9.17) is 21.1 Å². The van der Waals surface area contributed by atoms with E-state index in [9.17, 15) is 9.59 Å². The van der Waals surface area contributed by atoms with Gasteiger partial charge in [0.25, 0.3) is 5.91 Å². The molecule has 0 atom stereocenters. The van der Waals surface area contributed by atoms with Crippen molar-refractivity contribution < 1.29 is 19.1 Å². The van der Waals surface area contributed by atoms with Gasteiger partial charge >= 0.3 is 5.97 Å². The first-order valence-electron chi connectivity index (χ1n) is 8.12. The molecule has 0 fully saturated rings. The zero-order valence-corrected chi connectivity index (χ0v) is 16.8. The van der Waals surface area contributed by atoms with Gasteiger partial charge in [-0.15, -0.1) is 0 Å². The smallest absolute Gasteiger partial charge is 0.338 e. The van der Waals surface area contributed by atoms with Crippen molar-refractivity contribution in [2.75, 3.05) is 18.5 Å². The van der Waals surface area contributed by atoms with Crippen molar-refractivity contribution >= 4 is 45.1 Å². The SMILES string of the molecule is CCOC(=O)c1ccc(NC(=O)COc2ccc(CC)cc2Br)c(Cl)c1. The number of esters is 1. The highest BCUT2D eigenvalue weighted by Crippen LogP contribution is 2.27. The Morgan fingerprint density at radius 2 is 1.92 bits per heavy atom.